The number of aromatic nitrogens is 1. The average molecular weight is 476 g/mol. The predicted octanol–water partition coefficient (Wildman–Crippen LogP) is 2.94. The number of hydrogen-bond acceptors (Lipinski definition) is 7. The van der Waals surface area contributed by atoms with Gasteiger partial charge in [0.2, 0.25) is 5.78 Å². The van der Waals surface area contributed by atoms with Crippen LogP contribution in [-0.2, 0) is 4.74 Å². The van der Waals surface area contributed by atoms with Crippen molar-refractivity contribution in [3.8, 4) is 5.75 Å². The molecule has 2 aliphatic heterocycles. The molecule has 3 aromatic rings. The van der Waals surface area contributed by atoms with Crippen LogP contribution in [0, 0.1) is 0 Å². The van der Waals surface area contributed by atoms with Gasteiger partial charge in [-0.1, -0.05) is 23.2 Å². The predicted molar refractivity (Wildman–Crippen MR) is 120 cm³/mol. The molecule has 5 rings (SSSR count). The Labute approximate surface area is 192 Å². The molecule has 1 aromatic heterocycles. The highest BCUT2D eigenvalue weighted by Gasteiger charge is 2.44. The van der Waals surface area contributed by atoms with Crippen LogP contribution in [0.15, 0.2) is 41.4 Å². The minimum absolute atomic E-state index is 0.0403. The van der Waals surface area contributed by atoms with Crippen molar-refractivity contribution in [3.05, 3.63) is 57.7 Å². The van der Waals surface area contributed by atoms with Gasteiger partial charge in [-0.3, -0.25) is 4.79 Å². The van der Waals surface area contributed by atoms with Gasteiger partial charge < -0.3 is 30.4 Å². The Kier molecular flexibility index (Phi) is 5.05. The smallest absolute Gasteiger partial charge is 0.215 e. The number of halogens is 2. The molecule has 0 unspecified atom stereocenters. The van der Waals surface area contributed by atoms with E-state index in [4.69, 9.17) is 33.7 Å². The second kappa shape index (κ2) is 7.55. The Morgan fingerprint density at radius 3 is 2.53 bits per heavy atom. The van der Waals surface area contributed by atoms with Gasteiger partial charge in [0.15, 0.2) is 12.0 Å². The highest BCUT2D eigenvalue weighted by Crippen LogP contribution is 2.42. The van der Waals surface area contributed by atoms with Crippen LogP contribution in [-0.4, -0.2) is 55.7 Å². The molecule has 10 heteroatoms. The molecule has 0 spiro atoms. The highest BCUT2D eigenvalue weighted by atomic mass is 35.5. The summed E-state index contributed by atoms with van der Waals surface area (Å²) in [5, 5.41) is 33.5. The van der Waals surface area contributed by atoms with Crippen LogP contribution < -0.4 is 5.73 Å². The summed E-state index contributed by atoms with van der Waals surface area (Å²) in [6, 6.07) is 8.70. The van der Waals surface area contributed by atoms with Gasteiger partial charge in [0.05, 0.1) is 28.9 Å². The Hall–Kier alpha value is -2.46. The van der Waals surface area contributed by atoms with Gasteiger partial charge in [0.25, 0.3) is 0 Å². The summed E-state index contributed by atoms with van der Waals surface area (Å²) in [6.07, 6.45) is -4.49. The number of rotatable bonds is 2. The fraction of sp³-hybridized carbons (Fsp3) is 0.273. The van der Waals surface area contributed by atoms with Crippen molar-refractivity contribution in [2.24, 2.45) is 10.7 Å². The number of carbonyl (C=O) groups excluding carboxylic acids is 1. The van der Waals surface area contributed by atoms with Crippen LogP contribution in [0.3, 0.4) is 0 Å². The second-order valence-corrected chi connectivity index (χ2v) is 8.84. The number of ether oxygens (including phenoxy) is 1. The lowest BCUT2D eigenvalue weighted by Crippen LogP contribution is -2.58. The summed E-state index contributed by atoms with van der Waals surface area (Å²) in [5.41, 5.74) is 7.08. The molecule has 0 radical (unpaired) electrons. The number of aliphatic hydroxyl groups excluding tert-OH is 2. The first-order valence-electron chi connectivity index (χ1n) is 9.92. The number of nitrogens with zero attached hydrogens (tertiary/aromatic N) is 2. The van der Waals surface area contributed by atoms with Gasteiger partial charge in [-0.05, 0) is 43.3 Å². The van der Waals surface area contributed by atoms with Crippen molar-refractivity contribution in [1.29, 1.82) is 0 Å². The number of ketones is 1. The van der Waals surface area contributed by atoms with Gasteiger partial charge in [-0.25, -0.2) is 4.99 Å². The van der Waals surface area contributed by atoms with E-state index in [1.54, 1.807) is 31.2 Å². The van der Waals surface area contributed by atoms with Crippen molar-refractivity contribution in [2.75, 3.05) is 0 Å². The number of hydrogen-bond donors (Lipinski definition) is 4. The first-order chi connectivity index (χ1) is 15.2. The minimum atomic E-state index is -1.43. The van der Waals surface area contributed by atoms with E-state index < -0.39 is 36.4 Å². The van der Waals surface area contributed by atoms with Crippen LogP contribution in [0.4, 0.5) is 5.69 Å². The van der Waals surface area contributed by atoms with Crippen LogP contribution >= 0.6 is 23.2 Å². The summed E-state index contributed by atoms with van der Waals surface area (Å²) >= 11 is 12.2. The standard InChI is InChI=1S/C22H19Cl2N3O5/c1-8-15(25)20(30)21(31)22(32-8)27-14-5-3-10(24)7-12(14)19(29)17(27)16-18(28)11-6-9(23)2-4-13(11)26-16/h2-8,15,20-22,29-31H,25H2,1H3/t8-,15-,20+,21-,22-/m0/s1. The van der Waals surface area contributed by atoms with Crippen LogP contribution in [0.2, 0.25) is 10.0 Å². The monoisotopic (exact) mass is 475 g/mol. The zero-order chi connectivity index (χ0) is 22.9. The molecule has 0 amide bonds. The molecule has 2 aromatic carbocycles. The Morgan fingerprint density at radius 1 is 1.09 bits per heavy atom. The second-order valence-electron chi connectivity index (χ2n) is 7.97. The lowest BCUT2D eigenvalue weighted by molar-refractivity contribution is -0.200. The van der Waals surface area contributed by atoms with E-state index in [2.05, 4.69) is 4.99 Å². The van der Waals surface area contributed by atoms with E-state index in [1.165, 1.54) is 16.7 Å². The number of fused-ring (bicyclic) bond motifs is 2. The molecular formula is C22H19Cl2N3O5. The van der Waals surface area contributed by atoms with Crippen molar-refractivity contribution in [1.82, 2.24) is 4.57 Å². The largest absolute Gasteiger partial charge is 0.505 e. The van der Waals surface area contributed by atoms with Gasteiger partial charge >= 0.3 is 0 Å². The van der Waals surface area contributed by atoms with Gasteiger partial charge in [0, 0.05) is 15.4 Å². The first-order valence-corrected chi connectivity index (χ1v) is 10.7. The molecule has 1 saturated heterocycles. The molecule has 3 heterocycles. The number of carbonyl (C=O) groups is 1. The van der Waals surface area contributed by atoms with Crippen LogP contribution in [0.25, 0.3) is 10.9 Å². The van der Waals surface area contributed by atoms with Crippen molar-refractivity contribution in [2.45, 2.75) is 37.5 Å². The Morgan fingerprint density at radius 2 is 1.78 bits per heavy atom. The van der Waals surface area contributed by atoms with Gasteiger partial charge in [-0.2, -0.15) is 0 Å². The molecule has 32 heavy (non-hydrogen) atoms. The van der Waals surface area contributed by atoms with Crippen molar-refractivity contribution < 1.29 is 24.9 Å². The summed E-state index contributed by atoms with van der Waals surface area (Å²) in [6.45, 7) is 1.67. The van der Waals surface area contributed by atoms with E-state index in [9.17, 15) is 20.1 Å². The summed E-state index contributed by atoms with van der Waals surface area (Å²) in [5.74, 6) is -0.690. The number of Topliss-reactive ketones (excluding diaryl/α,β-unsaturated/α-hetero) is 1. The zero-order valence-electron chi connectivity index (χ0n) is 16.7. The molecule has 5 N–H and O–H groups in total. The number of benzene rings is 2. The third kappa shape index (κ3) is 3.07. The first kappa shape index (κ1) is 21.4. The van der Waals surface area contributed by atoms with E-state index in [1.807, 2.05) is 0 Å². The summed E-state index contributed by atoms with van der Waals surface area (Å²) in [4.78, 5) is 17.7. The fourth-order valence-corrected chi connectivity index (χ4v) is 4.63. The summed E-state index contributed by atoms with van der Waals surface area (Å²) in [7, 11) is 0. The van der Waals surface area contributed by atoms with Crippen molar-refractivity contribution in [3.63, 3.8) is 0 Å². The Balaban J connectivity index is 1.76. The molecular weight excluding hydrogens is 457 g/mol. The van der Waals surface area contributed by atoms with Crippen LogP contribution in [0.5, 0.6) is 5.75 Å². The quantitative estimate of drug-likeness (QED) is 0.450. The molecule has 8 nitrogen and oxygen atoms in total. The average Bonchev–Trinajstić information content (AvgIpc) is 3.23. The third-order valence-corrected chi connectivity index (χ3v) is 6.47. The Bertz CT molecular complexity index is 1300. The number of aromatic hydroxyl groups is 1. The molecule has 0 saturated carbocycles. The van der Waals surface area contributed by atoms with E-state index >= 15 is 0 Å². The third-order valence-electron chi connectivity index (χ3n) is 6.00. The number of aliphatic hydroxyl groups is 2. The van der Waals surface area contributed by atoms with Crippen LogP contribution in [0.1, 0.15) is 29.2 Å². The van der Waals surface area contributed by atoms with Gasteiger partial charge in [0.1, 0.15) is 23.6 Å². The topological polar surface area (TPSA) is 130 Å². The zero-order valence-corrected chi connectivity index (χ0v) is 18.2. The van der Waals surface area contributed by atoms with Gasteiger partial charge in [-0.15, -0.1) is 0 Å². The molecule has 166 valence electrons. The maximum atomic E-state index is 13.2. The van der Waals surface area contributed by atoms with E-state index in [-0.39, 0.29) is 17.2 Å². The number of nitrogens with two attached hydrogens (primary N) is 1. The lowest BCUT2D eigenvalue weighted by atomic mass is 9.96. The summed E-state index contributed by atoms with van der Waals surface area (Å²) < 4.78 is 7.41. The van der Waals surface area contributed by atoms with Crippen molar-refractivity contribution >= 4 is 51.3 Å². The highest BCUT2D eigenvalue weighted by molar-refractivity contribution is 6.55. The lowest BCUT2D eigenvalue weighted by Gasteiger charge is -2.41. The minimum Gasteiger partial charge on any atom is -0.505 e. The van der Waals surface area contributed by atoms with E-state index in [0.29, 0.717) is 32.2 Å². The molecule has 0 aliphatic carbocycles. The molecule has 5 atom stereocenters. The molecule has 2 aliphatic rings. The normalized spacial score (nSPS) is 27.6. The molecule has 0 bridgehead atoms. The maximum absolute atomic E-state index is 13.2. The van der Waals surface area contributed by atoms with E-state index in [0.717, 1.165) is 0 Å². The molecule has 1 fully saturated rings. The SMILES string of the molecule is C[C@@H]1O[C@H](n2c(C3=Nc4ccc(Cl)cc4C3=O)c(O)c3cc(Cl)ccc32)[C@@H](O)[C@H](O)[C@H]1N. The number of aliphatic imine (C=N–C) groups is 1. The fourth-order valence-electron chi connectivity index (χ4n) is 4.29. The maximum Gasteiger partial charge on any atom is 0.215 e.